The fourth-order valence-electron chi connectivity index (χ4n) is 1.65. The molecule has 1 aromatic carbocycles. The molecule has 2 aromatic rings. The van der Waals surface area contributed by atoms with Crippen molar-refractivity contribution in [3.05, 3.63) is 57.2 Å². The number of halogens is 1. The summed E-state index contributed by atoms with van der Waals surface area (Å²) in [5.41, 5.74) is 0. The fraction of sp³-hybridized carbons (Fsp3) is 0.214. The minimum atomic E-state index is -0.538. The molecule has 0 radical (unpaired) electrons. The van der Waals surface area contributed by atoms with Crippen molar-refractivity contribution in [2.24, 2.45) is 0 Å². The van der Waals surface area contributed by atoms with E-state index in [0.717, 1.165) is 11.3 Å². The molecule has 8 heteroatoms. The van der Waals surface area contributed by atoms with Crippen LogP contribution in [0.15, 0.2) is 36.4 Å². The molecule has 116 valence electrons. The number of carbonyl (C=O) groups is 1. The van der Waals surface area contributed by atoms with E-state index >= 15 is 0 Å². The first kappa shape index (κ1) is 15.9. The molecule has 0 aliphatic rings. The van der Waals surface area contributed by atoms with E-state index in [0.29, 0.717) is 13.0 Å². The summed E-state index contributed by atoms with van der Waals surface area (Å²) in [4.78, 5) is 22.0. The monoisotopic (exact) mass is 324 g/mol. The van der Waals surface area contributed by atoms with Gasteiger partial charge >= 0.3 is 5.00 Å². The summed E-state index contributed by atoms with van der Waals surface area (Å²) >= 11 is 0.820. The van der Waals surface area contributed by atoms with Gasteiger partial charge in [-0.05, 0) is 24.6 Å². The van der Waals surface area contributed by atoms with Crippen molar-refractivity contribution in [2.45, 2.75) is 6.42 Å². The lowest BCUT2D eigenvalue weighted by atomic mass is 10.3. The molecule has 0 fully saturated rings. The lowest BCUT2D eigenvalue weighted by molar-refractivity contribution is -0.380. The highest BCUT2D eigenvalue weighted by Crippen LogP contribution is 2.23. The predicted octanol–water partition coefficient (Wildman–Crippen LogP) is 2.99. The molecule has 0 spiro atoms. The number of rotatable bonds is 7. The van der Waals surface area contributed by atoms with Crippen LogP contribution in [0.2, 0.25) is 0 Å². The minimum absolute atomic E-state index is 0.0759. The Bertz CT molecular complexity index is 674. The van der Waals surface area contributed by atoms with E-state index in [-0.39, 0.29) is 28.1 Å². The molecule has 22 heavy (non-hydrogen) atoms. The van der Waals surface area contributed by atoms with Crippen molar-refractivity contribution in [3.8, 4) is 5.75 Å². The molecule has 0 atom stereocenters. The molecule has 0 aliphatic carbocycles. The van der Waals surface area contributed by atoms with E-state index in [1.807, 2.05) is 0 Å². The first-order valence-electron chi connectivity index (χ1n) is 6.47. The van der Waals surface area contributed by atoms with Crippen molar-refractivity contribution in [1.29, 1.82) is 0 Å². The number of para-hydroxylation sites is 1. The Hall–Kier alpha value is -2.48. The SMILES string of the molecule is O=C(NCCCOc1ccccc1F)c1ccc([N+](=O)[O-])s1. The second-order valence-corrected chi connectivity index (χ2v) is 5.35. The molecule has 0 unspecified atom stereocenters. The number of amides is 1. The van der Waals surface area contributed by atoms with Crippen LogP contribution in [0.25, 0.3) is 0 Å². The smallest absolute Gasteiger partial charge is 0.324 e. The number of hydrogen-bond donors (Lipinski definition) is 1. The van der Waals surface area contributed by atoms with Crippen LogP contribution in [0, 0.1) is 15.9 Å². The van der Waals surface area contributed by atoms with E-state index in [1.165, 1.54) is 24.3 Å². The van der Waals surface area contributed by atoms with Gasteiger partial charge < -0.3 is 10.1 Å². The highest BCUT2D eigenvalue weighted by atomic mass is 32.1. The van der Waals surface area contributed by atoms with Gasteiger partial charge in [0, 0.05) is 12.6 Å². The van der Waals surface area contributed by atoms with Crippen molar-refractivity contribution < 1.29 is 18.8 Å². The molecule has 2 rings (SSSR count). The Morgan fingerprint density at radius 2 is 2.09 bits per heavy atom. The summed E-state index contributed by atoms with van der Waals surface area (Å²) in [7, 11) is 0. The predicted molar refractivity (Wildman–Crippen MR) is 79.8 cm³/mol. The third-order valence-electron chi connectivity index (χ3n) is 2.70. The number of hydrogen-bond acceptors (Lipinski definition) is 5. The van der Waals surface area contributed by atoms with Gasteiger partial charge in [0.05, 0.1) is 16.4 Å². The molecular weight excluding hydrogens is 311 g/mol. The fourth-order valence-corrected chi connectivity index (χ4v) is 2.39. The molecule has 6 nitrogen and oxygen atoms in total. The van der Waals surface area contributed by atoms with Crippen LogP contribution >= 0.6 is 11.3 Å². The van der Waals surface area contributed by atoms with Gasteiger partial charge in [0.1, 0.15) is 0 Å². The number of benzene rings is 1. The standard InChI is InChI=1S/C14H13FN2O4S/c15-10-4-1-2-5-11(10)21-9-3-8-16-14(18)12-6-7-13(22-12)17(19)20/h1-2,4-7H,3,8-9H2,(H,16,18). The zero-order valence-corrected chi connectivity index (χ0v) is 12.3. The Morgan fingerprint density at radius 1 is 1.32 bits per heavy atom. The van der Waals surface area contributed by atoms with Gasteiger partial charge in [-0.1, -0.05) is 23.5 Å². The van der Waals surface area contributed by atoms with Gasteiger partial charge in [-0.25, -0.2) is 4.39 Å². The summed E-state index contributed by atoms with van der Waals surface area (Å²) < 4.78 is 18.5. The third-order valence-corrected chi connectivity index (χ3v) is 3.73. The number of carbonyl (C=O) groups excluding carboxylic acids is 1. The number of nitrogens with zero attached hydrogens (tertiary/aromatic N) is 1. The molecular formula is C14H13FN2O4S. The molecule has 0 aliphatic heterocycles. The minimum Gasteiger partial charge on any atom is -0.490 e. The molecule has 1 amide bonds. The van der Waals surface area contributed by atoms with Crippen molar-refractivity contribution in [2.75, 3.05) is 13.2 Å². The van der Waals surface area contributed by atoms with Crippen LogP contribution in [-0.4, -0.2) is 24.0 Å². The maximum atomic E-state index is 13.3. The highest BCUT2D eigenvalue weighted by Gasteiger charge is 2.14. The lowest BCUT2D eigenvalue weighted by Gasteiger charge is -2.07. The average Bonchev–Trinajstić information content (AvgIpc) is 2.98. The number of ether oxygens (including phenoxy) is 1. The molecule has 1 aromatic heterocycles. The number of nitrogens with one attached hydrogen (secondary N) is 1. The third kappa shape index (κ3) is 4.26. The van der Waals surface area contributed by atoms with Crippen molar-refractivity contribution >= 4 is 22.2 Å². The van der Waals surface area contributed by atoms with Crippen LogP contribution in [0.3, 0.4) is 0 Å². The maximum Gasteiger partial charge on any atom is 0.324 e. The summed E-state index contributed by atoms with van der Waals surface area (Å²) in [6.45, 7) is 0.588. The number of thiophene rings is 1. The quantitative estimate of drug-likeness (QED) is 0.482. The first-order chi connectivity index (χ1) is 10.6. The van der Waals surface area contributed by atoms with E-state index in [9.17, 15) is 19.3 Å². The summed E-state index contributed by atoms with van der Waals surface area (Å²) in [5, 5.41) is 13.1. The molecule has 1 N–H and O–H groups in total. The Kier molecular flexibility index (Phi) is 5.42. The summed E-state index contributed by atoms with van der Waals surface area (Å²) in [6, 6.07) is 8.78. The summed E-state index contributed by atoms with van der Waals surface area (Å²) in [5.74, 6) is -0.635. The normalized spacial score (nSPS) is 10.2. The number of nitro groups is 1. The molecule has 1 heterocycles. The highest BCUT2D eigenvalue weighted by molar-refractivity contribution is 7.17. The van der Waals surface area contributed by atoms with Gasteiger partial charge in [0.25, 0.3) is 5.91 Å². The van der Waals surface area contributed by atoms with Crippen LogP contribution < -0.4 is 10.1 Å². The second-order valence-electron chi connectivity index (χ2n) is 4.28. The van der Waals surface area contributed by atoms with Gasteiger partial charge in [-0.3, -0.25) is 14.9 Å². The average molecular weight is 324 g/mol. The largest absolute Gasteiger partial charge is 0.490 e. The van der Waals surface area contributed by atoms with Gasteiger partial charge in [-0.2, -0.15) is 0 Å². The van der Waals surface area contributed by atoms with Crippen molar-refractivity contribution in [1.82, 2.24) is 5.32 Å². The van der Waals surface area contributed by atoms with Crippen LogP contribution in [0.5, 0.6) is 5.75 Å². The van der Waals surface area contributed by atoms with Gasteiger partial charge in [-0.15, -0.1) is 0 Å². The first-order valence-corrected chi connectivity index (χ1v) is 7.29. The van der Waals surface area contributed by atoms with Crippen LogP contribution in [0.4, 0.5) is 9.39 Å². The van der Waals surface area contributed by atoms with E-state index in [2.05, 4.69) is 5.32 Å². The molecule has 0 saturated carbocycles. The van der Waals surface area contributed by atoms with E-state index in [4.69, 9.17) is 4.74 Å². The van der Waals surface area contributed by atoms with Gasteiger partial charge in [0.15, 0.2) is 11.6 Å². The van der Waals surface area contributed by atoms with E-state index in [1.54, 1.807) is 12.1 Å². The lowest BCUT2D eigenvalue weighted by Crippen LogP contribution is -2.24. The Labute approximate surface area is 129 Å². The molecule has 0 saturated heterocycles. The zero-order chi connectivity index (χ0) is 15.9. The van der Waals surface area contributed by atoms with Crippen LogP contribution in [0.1, 0.15) is 16.1 Å². The van der Waals surface area contributed by atoms with E-state index < -0.39 is 10.7 Å². The Balaban J connectivity index is 1.71. The second kappa shape index (κ2) is 7.51. The Morgan fingerprint density at radius 3 is 2.77 bits per heavy atom. The maximum absolute atomic E-state index is 13.3. The zero-order valence-electron chi connectivity index (χ0n) is 11.5. The summed E-state index contributed by atoms with van der Waals surface area (Å²) in [6.07, 6.45) is 0.494. The van der Waals surface area contributed by atoms with Crippen molar-refractivity contribution in [3.63, 3.8) is 0 Å². The van der Waals surface area contributed by atoms with Crippen LogP contribution in [-0.2, 0) is 0 Å². The topological polar surface area (TPSA) is 81.5 Å². The van der Waals surface area contributed by atoms with Gasteiger partial charge in [0.2, 0.25) is 0 Å². The molecule has 0 bridgehead atoms.